The number of pyridine rings is 1. The van der Waals surface area contributed by atoms with Crippen molar-refractivity contribution in [1.29, 1.82) is 0 Å². The van der Waals surface area contributed by atoms with Crippen LogP contribution in [0.3, 0.4) is 0 Å². The number of carbonyl (C=O) groups is 1. The molecule has 162 valence electrons. The highest BCUT2D eigenvalue weighted by molar-refractivity contribution is 7.88. The number of benzene rings is 1. The van der Waals surface area contributed by atoms with E-state index in [0.717, 1.165) is 11.9 Å². The molecule has 0 radical (unpaired) electrons. The summed E-state index contributed by atoms with van der Waals surface area (Å²) in [4.78, 5) is 19.4. The van der Waals surface area contributed by atoms with E-state index in [1.54, 1.807) is 23.1 Å². The summed E-state index contributed by atoms with van der Waals surface area (Å²) in [5.74, 6) is -0.360. The molecule has 1 aliphatic heterocycles. The minimum Gasteiger partial charge on any atom is -0.337 e. The molecule has 3 rings (SSSR count). The zero-order chi connectivity index (χ0) is 22.1. The number of nitrogens with one attached hydrogen (secondary N) is 1. The second-order valence-corrected chi connectivity index (χ2v) is 10.6. The van der Waals surface area contributed by atoms with E-state index in [0.29, 0.717) is 30.6 Å². The SMILES string of the molecule is CC(C)(C)C(=O)N1CC[C@H](NS(C)(=O)=O)[C@@H]1Cc1cccc(-c2cccc(F)c2)n1. The molecule has 2 aromatic rings. The summed E-state index contributed by atoms with van der Waals surface area (Å²) in [5.41, 5.74) is 1.44. The maximum atomic E-state index is 13.6. The molecule has 0 spiro atoms. The van der Waals surface area contributed by atoms with Crippen LogP contribution in [-0.2, 0) is 21.2 Å². The van der Waals surface area contributed by atoms with Gasteiger partial charge in [0.1, 0.15) is 5.82 Å². The Morgan fingerprint density at radius 3 is 2.57 bits per heavy atom. The summed E-state index contributed by atoms with van der Waals surface area (Å²) < 4.78 is 40.0. The third-order valence-corrected chi connectivity index (χ3v) is 5.89. The smallest absolute Gasteiger partial charge is 0.228 e. The largest absolute Gasteiger partial charge is 0.337 e. The number of halogens is 1. The number of likely N-dealkylation sites (tertiary alicyclic amines) is 1. The zero-order valence-electron chi connectivity index (χ0n) is 17.7. The molecule has 6 nitrogen and oxygen atoms in total. The monoisotopic (exact) mass is 433 g/mol. The van der Waals surface area contributed by atoms with Gasteiger partial charge in [-0.25, -0.2) is 17.5 Å². The molecule has 2 heterocycles. The molecule has 0 aliphatic carbocycles. The third-order valence-electron chi connectivity index (χ3n) is 5.16. The Morgan fingerprint density at radius 1 is 1.23 bits per heavy atom. The Kier molecular flexibility index (Phi) is 6.29. The third kappa shape index (κ3) is 5.43. The highest BCUT2D eigenvalue weighted by Gasteiger charge is 2.41. The Morgan fingerprint density at radius 2 is 1.93 bits per heavy atom. The summed E-state index contributed by atoms with van der Waals surface area (Å²) >= 11 is 0. The lowest BCUT2D eigenvalue weighted by Gasteiger charge is -2.33. The Balaban J connectivity index is 1.91. The minimum atomic E-state index is -3.42. The number of sulfonamides is 1. The van der Waals surface area contributed by atoms with Gasteiger partial charge in [-0.05, 0) is 30.7 Å². The number of hydrogen-bond acceptors (Lipinski definition) is 4. The molecule has 1 aromatic carbocycles. The number of nitrogens with zero attached hydrogens (tertiary/aromatic N) is 2. The zero-order valence-corrected chi connectivity index (χ0v) is 18.5. The van der Waals surface area contributed by atoms with Crippen LogP contribution in [0.25, 0.3) is 11.3 Å². The van der Waals surface area contributed by atoms with Crippen LogP contribution in [0.4, 0.5) is 4.39 Å². The molecule has 0 bridgehead atoms. The first-order valence-electron chi connectivity index (χ1n) is 9.94. The van der Waals surface area contributed by atoms with E-state index in [1.165, 1.54) is 12.1 Å². The van der Waals surface area contributed by atoms with Gasteiger partial charge in [0.25, 0.3) is 0 Å². The Bertz CT molecular complexity index is 1030. The van der Waals surface area contributed by atoms with Gasteiger partial charge in [0.15, 0.2) is 0 Å². The topological polar surface area (TPSA) is 79.4 Å². The average molecular weight is 434 g/mol. The van der Waals surface area contributed by atoms with E-state index < -0.39 is 15.4 Å². The van der Waals surface area contributed by atoms with Crippen LogP contribution in [-0.4, -0.2) is 49.1 Å². The van der Waals surface area contributed by atoms with E-state index in [1.807, 2.05) is 32.9 Å². The van der Waals surface area contributed by atoms with Gasteiger partial charge in [0.05, 0.1) is 18.0 Å². The highest BCUT2D eigenvalue weighted by atomic mass is 32.2. The van der Waals surface area contributed by atoms with Gasteiger partial charge in [-0.15, -0.1) is 0 Å². The van der Waals surface area contributed by atoms with Gasteiger partial charge >= 0.3 is 0 Å². The van der Waals surface area contributed by atoms with Crippen LogP contribution >= 0.6 is 0 Å². The first-order valence-corrected chi connectivity index (χ1v) is 11.8. The number of amides is 1. The minimum absolute atomic E-state index is 0.0217. The van der Waals surface area contributed by atoms with Crippen molar-refractivity contribution < 1.29 is 17.6 Å². The number of carbonyl (C=O) groups excluding carboxylic acids is 1. The van der Waals surface area contributed by atoms with Crippen molar-refractivity contribution in [2.45, 2.75) is 45.7 Å². The van der Waals surface area contributed by atoms with Gasteiger partial charge in [-0.3, -0.25) is 9.78 Å². The van der Waals surface area contributed by atoms with E-state index >= 15 is 0 Å². The second kappa shape index (κ2) is 8.43. The summed E-state index contributed by atoms with van der Waals surface area (Å²) in [6.07, 6.45) is 2.07. The van der Waals surface area contributed by atoms with Gasteiger partial charge in [0, 0.05) is 35.7 Å². The fourth-order valence-corrected chi connectivity index (χ4v) is 4.64. The first-order chi connectivity index (χ1) is 13.9. The van der Waals surface area contributed by atoms with Crippen molar-refractivity contribution >= 4 is 15.9 Å². The van der Waals surface area contributed by atoms with Crippen LogP contribution in [0.5, 0.6) is 0 Å². The summed E-state index contributed by atoms with van der Waals surface area (Å²) in [6.45, 7) is 6.04. The molecular weight excluding hydrogens is 405 g/mol. The van der Waals surface area contributed by atoms with Crippen LogP contribution in [0.1, 0.15) is 32.9 Å². The molecule has 0 saturated carbocycles. The molecular formula is C22H28FN3O3S. The lowest BCUT2D eigenvalue weighted by atomic mass is 9.93. The summed E-state index contributed by atoms with van der Waals surface area (Å²) in [6, 6.07) is 11.0. The van der Waals surface area contributed by atoms with E-state index in [4.69, 9.17) is 0 Å². The molecule has 1 fully saturated rings. The fraction of sp³-hybridized carbons (Fsp3) is 0.455. The molecule has 8 heteroatoms. The van der Waals surface area contributed by atoms with Crippen LogP contribution in [0.2, 0.25) is 0 Å². The first kappa shape index (κ1) is 22.4. The molecule has 1 N–H and O–H groups in total. The number of aromatic nitrogens is 1. The average Bonchev–Trinajstić information content (AvgIpc) is 3.01. The Hall–Kier alpha value is -2.32. The lowest BCUT2D eigenvalue weighted by molar-refractivity contribution is -0.140. The lowest BCUT2D eigenvalue weighted by Crippen LogP contribution is -2.50. The quantitative estimate of drug-likeness (QED) is 0.786. The normalized spacial score (nSPS) is 19.8. The molecule has 30 heavy (non-hydrogen) atoms. The molecule has 1 saturated heterocycles. The van der Waals surface area contributed by atoms with Crippen molar-refractivity contribution in [1.82, 2.24) is 14.6 Å². The molecule has 1 amide bonds. The number of rotatable bonds is 5. The van der Waals surface area contributed by atoms with E-state index in [-0.39, 0.29) is 23.8 Å². The van der Waals surface area contributed by atoms with Crippen molar-refractivity contribution in [2.75, 3.05) is 12.8 Å². The predicted octanol–water partition coefficient (Wildman–Crippen LogP) is 3.00. The standard InChI is InChI=1S/C22H28FN3O3S/c1-22(2,3)21(27)26-12-11-19(25-30(4,28)29)20(26)14-17-9-6-10-18(24-17)15-7-5-8-16(23)13-15/h5-10,13,19-20,25H,11-12,14H2,1-4H3/t19-,20-/m0/s1. The summed E-state index contributed by atoms with van der Waals surface area (Å²) in [7, 11) is -3.42. The predicted molar refractivity (Wildman–Crippen MR) is 115 cm³/mol. The Labute approximate surface area is 177 Å². The highest BCUT2D eigenvalue weighted by Crippen LogP contribution is 2.28. The van der Waals surface area contributed by atoms with Gasteiger partial charge in [-0.2, -0.15) is 0 Å². The van der Waals surface area contributed by atoms with Crippen molar-refractivity contribution in [3.63, 3.8) is 0 Å². The van der Waals surface area contributed by atoms with E-state index in [2.05, 4.69) is 9.71 Å². The van der Waals surface area contributed by atoms with Gasteiger partial charge in [-0.1, -0.05) is 39.0 Å². The van der Waals surface area contributed by atoms with Crippen molar-refractivity contribution in [3.8, 4) is 11.3 Å². The number of hydrogen-bond donors (Lipinski definition) is 1. The maximum absolute atomic E-state index is 13.6. The van der Waals surface area contributed by atoms with Crippen molar-refractivity contribution in [2.24, 2.45) is 5.41 Å². The molecule has 0 unspecified atom stereocenters. The summed E-state index contributed by atoms with van der Waals surface area (Å²) in [5, 5.41) is 0. The molecule has 2 atom stereocenters. The van der Waals surface area contributed by atoms with Crippen LogP contribution in [0, 0.1) is 11.2 Å². The maximum Gasteiger partial charge on any atom is 0.228 e. The fourth-order valence-electron chi connectivity index (χ4n) is 3.82. The van der Waals surface area contributed by atoms with E-state index in [9.17, 15) is 17.6 Å². The van der Waals surface area contributed by atoms with Crippen LogP contribution < -0.4 is 4.72 Å². The molecule has 1 aliphatic rings. The van der Waals surface area contributed by atoms with Gasteiger partial charge in [0.2, 0.25) is 15.9 Å². The van der Waals surface area contributed by atoms with Gasteiger partial charge < -0.3 is 4.90 Å². The molecule has 1 aromatic heterocycles. The second-order valence-electron chi connectivity index (χ2n) is 8.83. The van der Waals surface area contributed by atoms with Crippen molar-refractivity contribution in [3.05, 3.63) is 54.0 Å². The van der Waals surface area contributed by atoms with Crippen LogP contribution in [0.15, 0.2) is 42.5 Å².